The van der Waals surface area contributed by atoms with Crippen LogP contribution in [0, 0.1) is 0 Å². The third-order valence-electron chi connectivity index (χ3n) is 4.67. The van der Waals surface area contributed by atoms with E-state index in [4.69, 9.17) is 9.15 Å². The number of phenols is 1. The molecule has 0 amide bonds. The Hall–Kier alpha value is -3.65. The highest BCUT2D eigenvalue weighted by atomic mass is 32.1. The van der Waals surface area contributed by atoms with Crippen LogP contribution in [-0.2, 0) is 6.54 Å². The lowest BCUT2D eigenvalue weighted by atomic mass is 10.1. The molecule has 0 atom stereocenters. The fraction of sp³-hybridized carbons (Fsp3) is 0.174. The summed E-state index contributed by atoms with van der Waals surface area (Å²) in [7, 11) is 0. The number of nitrogens with zero attached hydrogens (tertiary/aromatic N) is 3. The van der Waals surface area contributed by atoms with E-state index in [0.29, 0.717) is 34.8 Å². The van der Waals surface area contributed by atoms with E-state index in [1.807, 2.05) is 48.1 Å². The Labute approximate surface area is 182 Å². The van der Waals surface area contributed by atoms with Crippen molar-refractivity contribution in [3.8, 4) is 22.8 Å². The summed E-state index contributed by atoms with van der Waals surface area (Å²) in [4.78, 5) is 13.2. The van der Waals surface area contributed by atoms with Crippen LogP contribution in [0.1, 0.15) is 19.4 Å². The van der Waals surface area contributed by atoms with Crippen molar-refractivity contribution >= 4 is 28.5 Å². The number of ether oxygens (including phenoxy) is 1. The summed E-state index contributed by atoms with van der Waals surface area (Å²) < 4.78 is 12.8. The Kier molecular flexibility index (Phi) is 5.99. The van der Waals surface area contributed by atoms with E-state index in [1.165, 1.54) is 11.3 Å². The number of fused-ring (bicyclic) bond motifs is 1. The van der Waals surface area contributed by atoms with E-state index in [-0.39, 0.29) is 11.4 Å². The van der Waals surface area contributed by atoms with E-state index in [1.54, 1.807) is 30.5 Å². The Bertz CT molecular complexity index is 1380. The molecular formula is C23H21N3O4S. The molecule has 0 aliphatic rings. The van der Waals surface area contributed by atoms with Gasteiger partial charge in [-0.2, -0.15) is 5.10 Å². The average molecular weight is 436 g/mol. The van der Waals surface area contributed by atoms with Crippen molar-refractivity contribution in [3.05, 3.63) is 74.7 Å². The van der Waals surface area contributed by atoms with Crippen LogP contribution < -0.4 is 15.2 Å². The first kappa shape index (κ1) is 20.6. The maximum atomic E-state index is 12.6. The van der Waals surface area contributed by atoms with Crippen molar-refractivity contribution in [2.45, 2.75) is 20.4 Å². The van der Waals surface area contributed by atoms with Crippen molar-refractivity contribution < 1.29 is 14.3 Å². The van der Waals surface area contributed by atoms with Gasteiger partial charge in [0.05, 0.1) is 24.1 Å². The molecule has 2 aromatic heterocycles. The molecule has 8 heteroatoms. The summed E-state index contributed by atoms with van der Waals surface area (Å²) in [6.07, 6.45) is 1.59. The molecule has 0 saturated carbocycles. The molecule has 4 rings (SSSR count). The molecule has 31 heavy (non-hydrogen) atoms. The van der Waals surface area contributed by atoms with Gasteiger partial charge in [-0.15, -0.1) is 16.4 Å². The molecule has 0 unspecified atom stereocenters. The summed E-state index contributed by atoms with van der Waals surface area (Å²) in [5.41, 5.74) is 2.15. The number of hydrogen-bond donors (Lipinski definition) is 1. The lowest BCUT2D eigenvalue weighted by Gasteiger charge is -2.06. The van der Waals surface area contributed by atoms with Gasteiger partial charge in [0, 0.05) is 17.3 Å². The van der Waals surface area contributed by atoms with Crippen LogP contribution in [0.2, 0.25) is 0 Å². The summed E-state index contributed by atoms with van der Waals surface area (Å²) in [5.74, 6) is 0.480. The molecule has 2 aromatic carbocycles. The summed E-state index contributed by atoms with van der Waals surface area (Å²) in [6, 6.07) is 14.3. The fourth-order valence-electron chi connectivity index (χ4n) is 3.20. The second kappa shape index (κ2) is 9.01. The molecule has 1 N–H and O–H groups in total. The van der Waals surface area contributed by atoms with E-state index in [2.05, 4.69) is 10.2 Å². The van der Waals surface area contributed by atoms with Gasteiger partial charge in [-0.25, -0.2) is 4.79 Å². The van der Waals surface area contributed by atoms with Crippen molar-refractivity contribution in [1.29, 1.82) is 0 Å². The molecule has 0 aliphatic carbocycles. The second-order valence-electron chi connectivity index (χ2n) is 6.64. The first-order valence-corrected chi connectivity index (χ1v) is 10.7. The highest BCUT2D eigenvalue weighted by Gasteiger charge is 2.13. The summed E-state index contributed by atoms with van der Waals surface area (Å²) in [6.45, 7) is 4.91. The van der Waals surface area contributed by atoms with Crippen LogP contribution in [-0.4, -0.2) is 22.5 Å². The van der Waals surface area contributed by atoms with Crippen LogP contribution in [0.3, 0.4) is 0 Å². The molecule has 0 spiro atoms. The zero-order chi connectivity index (χ0) is 21.8. The first-order chi connectivity index (χ1) is 15.1. The van der Waals surface area contributed by atoms with E-state index in [0.717, 1.165) is 16.6 Å². The van der Waals surface area contributed by atoms with Gasteiger partial charge in [0.1, 0.15) is 5.58 Å². The number of phenolic OH excluding ortho intramolecular Hbond substituents is 1. The number of benzene rings is 2. The van der Waals surface area contributed by atoms with Gasteiger partial charge in [-0.05, 0) is 49.7 Å². The zero-order valence-electron chi connectivity index (χ0n) is 17.1. The van der Waals surface area contributed by atoms with Crippen molar-refractivity contribution in [2.75, 3.05) is 6.61 Å². The van der Waals surface area contributed by atoms with Crippen LogP contribution in [0.25, 0.3) is 22.2 Å². The maximum Gasteiger partial charge on any atom is 0.345 e. The molecular weight excluding hydrogens is 414 g/mol. The Morgan fingerprint density at radius 2 is 2.03 bits per heavy atom. The lowest BCUT2D eigenvalue weighted by Crippen LogP contribution is -2.16. The number of rotatable bonds is 6. The van der Waals surface area contributed by atoms with Crippen LogP contribution in [0.15, 0.2) is 73.3 Å². The van der Waals surface area contributed by atoms with E-state index in [9.17, 15) is 9.90 Å². The second-order valence-corrected chi connectivity index (χ2v) is 7.47. The van der Waals surface area contributed by atoms with E-state index < -0.39 is 0 Å². The lowest BCUT2D eigenvalue weighted by molar-refractivity contribution is 0.318. The first-order valence-electron chi connectivity index (χ1n) is 9.85. The van der Waals surface area contributed by atoms with Crippen molar-refractivity contribution in [2.24, 2.45) is 10.2 Å². The Morgan fingerprint density at radius 3 is 2.84 bits per heavy atom. The third-order valence-corrected chi connectivity index (χ3v) is 5.52. The highest BCUT2D eigenvalue weighted by Crippen LogP contribution is 2.26. The molecule has 4 aromatic rings. The molecule has 0 aliphatic heterocycles. The SMILES string of the molecule is CCOc1cc(/C=N/N=c2/scc(-c3cc4ccccc4oc3=O)n2CC)ccc1O. The van der Waals surface area contributed by atoms with Gasteiger partial charge < -0.3 is 18.8 Å². The number of thiazole rings is 1. The smallest absolute Gasteiger partial charge is 0.345 e. The minimum atomic E-state index is -0.388. The Balaban J connectivity index is 1.70. The Morgan fingerprint density at radius 1 is 1.19 bits per heavy atom. The van der Waals surface area contributed by atoms with Gasteiger partial charge in [0.25, 0.3) is 0 Å². The van der Waals surface area contributed by atoms with Crippen LogP contribution in [0.5, 0.6) is 11.5 Å². The predicted octanol–water partition coefficient (Wildman–Crippen LogP) is 4.38. The highest BCUT2D eigenvalue weighted by molar-refractivity contribution is 7.07. The maximum absolute atomic E-state index is 12.6. The number of aromatic nitrogens is 1. The van der Waals surface area contributed by atoms with E-state index >= 15 is 0 Å². The van der Waals surface area contributed by atoms with Crippen molar-refractivity contribution in [1.82, 2.24) is 4.57 Å². The standard InChI is InChI=1S/C23H21N3O4S/c1-3-26-18(17-12-16-7-5-6-8-20(16)30-22(17)28)14-31-23(26)25-24-13-15-9-10-19(27)21(11-15)29-4-2/h5-14,27H,3-4H2,1-2H3/b24-13+,25-23+. The quantitative estimate of drug-likeness (QED) is 0.276. The van der Waals surface area contributed by atoms with Gasteiger partial charge in [-0.1, -0.05) is 18.2 Å². The molecule has 0 fully saturated rings. The minimum absolute atomic E-state index is 0.0804. The molecule has 0 saturated heterocycles. The van der Waals surface area contributed by atoms with Crippen LogP contribution in [0.4, 0.5) is 0 Å². The van der Waals surface area contributed by atoms with Gasteiger partial charge >= 0.3 is 5.63 Å². The number of para-hydroxylation sites is 1. The fourth-order valence-corrected chi connectivity index (χ4v) is 4.12. The third kappa shape index (κ3) is 4.29. The molecule has 0 bridgehead atoms. The monoisotopic (exact) mass is 435 g/mol. The van der Waals surface area contributed by atoms with Crippen molar-refractivity contribution in [3.63, 3.8) is 0 Å². The molecule has 158 valence electrons. The largest absolute Gasteiger partial charge is 0.504 e. The topological polar surface area (TPSA) is 89.3 Å². The minimum Gasteiger partial charge on any atom is -0.504 e. The zero-order valence-corrected chi connectivity index (χ0v) is 17.9. The summed E-state index contributed by atoms with van der Waals surface area (Å²) in [5, 5.41) is 21.1. The molecule has 2 heterocycles. The molecule has 0 radical (unpaired) electrons. The van der Waals surface area contributed by atoms with Gasteiger partial charge in [0.2, 0.25) is 4.80 Å². The number of aromatic hydroxyl groups is 1. The average Bonchev–Trinajstić information content (AvgIpc) is 3.18. The predicted molar refractivity (Wildman–Crippen MR) is 122 cm³/mol. The molecule has 7 nitrogen and oxygen atoms in total. The normalized spacial score (nSPS) is 12.1. The summed E-state index contributed by atoms with van der Waals surface area (Å²) >= 11 is 1.40. The van der Waals surface area contributed by atoms with Gasteiger partial charge in [0.15, 0.2) is 11.5 Å². The van der Waals surface area contributed by atoms with Crippen LogP contribution >= 0.6 is 11.3 Å². The number of hydrogen-bond acceptors (Lipinski definition) is 7. The van der Waals surface area contributed by atoms with Gasteiger partial charge in [-0.3, -0.25) is 0 Å².